The van der Waals surface area contributed by atoms with E-state index in [0.717, 1.165) is 11.9 Å². The van der Waals surface area contributed by atoms with E-state index in [-0.39, 0.29) is 24.7 Å². The highest BCUT2D eigenvalue weighted by molar-refractivity contribution is 7.92. The third kappa shape index (κ3) is 4.21. The van der Waals surface area contributed by atoms with E-state index >= 15 is 0 Å². The number of benzene rings is 2. The summed E-state index contributed by atoms with van der Waals surface area (Å²) in [4.78, 5) is 17.0. The molecule has 2 aromatic rings. The first-order valence-electron chi connectivity index (χ1n) is 9.85. The second-order valence-corrected chi connectivity index (χ2v) is 9.39. The SMILES string of the molecule is CS(=O)(=O)N1CC[C@H](C(=O)N2CCN(c3ccc(F)cc3)CC2)Oc2ccccc21. The molecule has 0 radical (unpaired) electrons. The Labute approximate surface area is 175 Å². The molecule has 1 saturated heterocycles. The highest BCUT2D eigenvalue weighted by Crippen LogP contribution is 2.34. The fourth-order valence-electron chi connectivity index (χ4n) is 3.89. The van der Waals surface area contributed by atoms with Crippen LogP contribution in [0.1, 0.15) is 6.42 Å². The van der Waals surface area contributed by atoms with E-state index < -0.39 is 16.1 Å². The van der Waals surface area contributed by atoms with Crippen LogP contribution < -0.4 is 13.9 Å². The van der Waals surface area contributed by atoms with E-state index in [9.17, 15) is 17.6 Å². The Kier molecular flexibility index (Phi) is 5.55. The Bertz CT molecular complexity index is 1020. The molecular formula is C21H24FN3O4S. The number of hydrogen-bond acceptors (Lipinski definition) is 5. The van der Waals surface area contributed by atoms with Crippen molar-refractivity contribution in [3.8, 4) is 5.75 Å². The largest absolute Gasteiger partial charge is 0.478 e. The Balaban J connectivity index is 1.45. The minimum atomic E-state index is -3.48. The molecule has 1 amide bonds. The molecule has 4 rings (SSSR count). The molecule has 1 atom stereocenters. The monoisotopic (exact) mass is 433 g/mol. The van der Waals surface area contributed by atoms with Crippen LogP contribution >= 0.6 is 0 Å². The zero-order chi connectivity index (χ0) is 21.3. The molecule has 0 aliphatic carbocycles. The van der Waals surface area contributed by atoms with E-state index in [4.69, 9.17) is 4.74 Å². The van der Waals surface area contributed by atoms with Gasteiger partial charge in [0.2, 0.25) is 10.0 Å². The Morgan fingerprint density at radius 3 is 2.33 bits per heavy atom. The molecule has 2 aliphatic rings. The molecule has 30 heavy (non-hydrogen) atoms. The molecule has 0 bridgehead atoms. The number of nitrogens with zero attached hydrogens (tertiary/aromatic N) is 3. The van der Waals surface area contributed by atoms with Crippen molar-refractivity contribution in [3.63, 3.8) is 0 Å². The van der Waals surface area contributed by atoms with Crippen molar-refractivity contribution in [3.05, 3.63) is 54.3 Å². The number of carbonyl (C=O) groups is 1. The predicted octanol–water partition coefficient (Wildman–Crippen LogP) is 2.09. The summed E-state index contributed by atoms with van der Waals surface area (Å²) in [6, 6.07) is 13.2. The fraction of sp³-hybridized carbons (Fsp3) is 0.381. The molecular weight excluding hydrogens is 409 g/mol. The number of fused-ring (bicyclic) bond motifs is 1. The minimum Gasteiger partial charge on any atom is -0.478 e. The Morgan fingerprint density at radius 1 is 1.00 bits per heavy atom. The highest BCUT2D eigenvalue weighted by atomic mass is 32.2. The van der Waals surface area contributed by atoms with Gasteiger partial charge in [-0.1, -0.05) is 12.1 Å². The molecule has 9 heteroatoms. The van der Waals surface area contributed by atoms with Crippen LogP contribution in [0.25, 0.3) is 0 Å². The summed E-state index contributed by atoms with van der Waals surface area (Å²) in [7, 11) is -3.48. The predicted molar refractivity (Wildman–Crippen MR) is 113 cm³/mol. The van der Waals surface area contributed by atoms with Gasteiger partial charge in [-0.15, -0.1) is 0 Å². The van der Waals surface area contributed by atoms with Gasteiger partial charge in [-0.2, -0.15) is 0 Å². The van der Waals surface area contributed by atoms with Gasteiger partial charge in [-0.05, 0) is 36.4 Å². The van der Waals surface area contributed by atoms with E-state index in [1.165, 1.54) is 16.4 Å². The third-order valence-electron chi connectivity index (χ3n) is 5.46. The van der Waals surface area contributed by atoms with Gasteiger partial charge in [0.05, 0.1) is 11.9 Å². The second kappa shape index (κ2) is 8.14. The lowest BCUT2D eigenvalue weighted by molar-refractivity contribution is -0.139. The van der Waals surface area contributed by atoms with Crippen molar-refractivity contribution in [2.75, 3.05) is 48.2 Å². The third-order valence-corrected chi connectivity index (χ3v) is 6.64. The quantitative estimate of drug-likeness (QED) is 0.742. The normalized spacial score (nSPS) is 19.7. The Hall–Kier alpha value is -2.81. The smallest absolute Gasteiger partial charge is 0.263 e. The molecule has 2 heterocycles. The zero-order valence-electron chi connectivity index (χ0n) is 16.7. The van der Waals surface area contributed by atoms with Gasteiger partial charge in [-0.3, -0.25) is 9.10 Å². The van der Waals surface area contributed by atoms with Crippen LogP contribution in [0.2, 0.25) is 0 Å². The number of amides is 1. The number of hydrogen-bond donors (Lipinski definition) is 0. The van der Waals surface area contributed by atoms with Gasteiger partial charge in [0.25, 0.3) is 5.91 Å². The van der Waals surface area contributed by atoms with Crippen LogP contribution in [0.5, 0.6) is 5.75 Å². The number of piperazine rings is 1. The van der Waals surface area contributed by atoms with Gasteiger partial charge in [-0.25, -0.2) is 12.8 Å². The van der Waals surface area contributed by atoms with Gasteiger partial charge >= 0.3 is 0 Å². The van der Waals surface area contributed by atoms with Gasteiger partial charge in [0.15, 0.2) is 6.10 Å². The molecule has 0 N–H and O–H groups in total. The molecule has 160 valence electrons. The summed E-state index contributed by atoms with van der Waals surface area (Å²) in [6.45, 7) is 2.50. The first kappa shape index (κ1) is 20.5. The summed E-state index contributed by atoms with van der Waals surface area (Å²) < 4.78 is 44.8. The van der Waals surface area contributed by atoms with Crippen molar-refractivity contribution in [1.29, 1.82) is 0 Å². The second-order valence-electron chi connectivity index (χ2n) is 7.49. The molecule has 0 unspecified atom stereocenters. The van der Waals surface area contributed by atoms with E-state index in [0.29, 0.717) is 37.6 Å². The lowest BCUT2D eigenvalue weighted by Crippen LogP contribution is -2.52. The number of carbonyl (C=O) groups excluding carboxylic acids is 1. The van der Waals surface area contributed by atoms with Gasteiger partial charge < -0.3 is 14.5 Å². The number of halogens is 1. The van der Waals surface area contributed by atoms with Gasteiger partial charge in [0, 0.05) is 44.8 Å². The van der Waals surface area contributed by atoms with E-state index in [1.54, 1.807) is 41.3 Å². The Morgan fingerprint density at radius 2 is 1.67 bits per heavy atom. The number of ether oxygens (including phenoxy) is 1. The van der Waals surface area contributed by atoms with E-state index in [2.05, 4.69) is 4.90 Å². The first-order chi connectivity index (χ1) is 14.3. The molecule has 1 fully saturated rings. The van der Waals surface area contributed by atoms with Crippen LogP contribution in [-0.4, -0.2) is 64.3 Å². The number of sulfonamides is 1. The van der Waals surface area contributed by atoms with Gasteiger partial charge in [0.1, 0.15) is 11.6 Å². The van der Waals surface area contributed by atoms with Crippen LogP contribution in [0.3, 0.4) is 0 Å². The number of anilines is 2. The average Bonchev–Trinajstić information content (AvgIpc) is 2.94. The van der Waals surface area contributed by atoms with Crippen molar-refractivity contribution in [2.24, 2.45) is 0 Å². The molecule has 7 nitrogen and oxygen atoms in total. The summed E-state index contributed by atoms with van der Waals surface area (Å²) in [5, 5.41) is 0. The van der Waals surface area contributed by atoms with Crippen molar-refractivity contribution in [1.82, 2.24) is 4.90 Å². The minimum absolute atomic E-state index is 0.140. The van der Waals surface area contributed by atoms with Crippen LogP contribution in [-0.2, 0) is 14.8 Å². The maximum atomic E-state index is 13.1. The van der Waals surface area contributed by atoms with Crippen molar-refractivity contribution in [2.45, 2.75) is 12.5 Å². The highest BCUT2D eigenvalue weighted by Gasteiger charge is 2.34. The maximum absolute atomic E-state index is 13.1. The molecule has 0 aromatic heterocycles. The number of rotatable bonds is 3. The van der Waals surface area contributed by atoms with Crippen LogP contribution in [0.15, 0.2) is 48.5 Å². The van der Waals surface area contributed by atoms with Crippen molar-refractivity contribution < 1.29 is 22.3 Å². The maximum Gasteiger partial charge on any atom is 0.263 e. The first-order valence-corrected chi connectivity index (χ1v) is 11.7. The topological polar surface area (TPSA) is 70.2 Å². The standard InChI is InChI=1S/C21H24FN3O4S/c1-30(27,28)25-11-10-20(29-19-5-3-2-4-18(19)25)21(26)24-14-12-23(13-15-24)17-8-6-16(22)7-9-17/h2-9,20H,10-15H2,1H3/t20-/m1/s1. The van der Waals surface area contributed by atoms with Crippen LogP contribution in [0.4, 0.5) is 15.8 Å². The van der Waals surface area contributed by atoms with Crippen molar-refractivity contribution >= 4 is 27.3 Å². The summed E-state index contributed by atoms with van der Waals surface area (Å²) in [5.41, 5.74) is 1.38. The summed E-state index contributed by atoms with van der Waals surface area (Å²) in [6.07, 6.45) is 0.689. The molecule has 2 aromatic carbocycles. The molecule has 0 saturated carbocycles. The number of para-hydroxylation sites is 2. The lowest BCUT2D eigenvalue weighted by atomic mass is 10.2. The molecule has 2 aliphatic heterocycles. The zero-order valence-corrected chi connectivity index (χ0v) is 17.5. The lowest BCUT2D eigenvalue weighted by Gasteiger charge is -2.37. The fourth-order valence-corrected chi connectivity index (χ4v) is 4.83. The average molecular weight is 434 g/mol. The summed E-state index contributed by atoms with van der Waals surface area (Å²) in [5.74, 6) is -0.0240. The van der Waals surface area contributed by atoms with E-state index in [1.807, 2.05) is 0 Å². The molecule has 0 spiro atoms. The van der Waals surface area contributed by atoms with Crippen LogP contribution in [0, 0.1) is 5.82 Å². The summed E-state index contributed by atoms with van der Waals surface area (Å²) >= 11 is 0.